The van der Waals surface area contributed by atoms with Gasteiger partial charge in [-0.1, -0.05) is 0 Å². The SMILES string of the molecule is CC(C)NS(=O)(=O)c1cc2c(cc1O)CCc1c-2n[nH]c1C(=O)O. The lowest BCUT2D eigenvalue weighted by Crippen LogP contribution is -2.30. The first kappa shape index (κ1) is 16.5. The molecule has 0 fully saturated rings. The molecule has 1 aromatic carbocycles. The number of hydrogen-bond donors (Lipinski definition) is 4. The Morgan fingerprint density at radius 2 is 2.04 bits per heavy atom. The van der Waals surface area contributed by atoms with Gasteiger partial charge in [-0.3, -0.25) is 5.10 Å². The molecular weight excluding hydrogens is 334 g/mol. The molecule has 0 saturated heterocycles. The molecule has 9 heteroatoms. The van der Waals surface area contributed by atoms with Crippen LogP contribution in [-0.4, -0.2) is 40.8 Å². The molecule has 0 amide bonds. The van der Waals surface area contributed by atoms with Crippen LogP contribution in [0.15, 0.2) is 17.0 Å². The van der Waals surface area contributed by atoms with E-state index in [2.05, 4.69) is 14.9 Å². The highest BCUT2D eigenvalue weighted by molar-refractivity contribution is 7.89. The molecule has 0 aliphatic heterocycles. The molecule has 4 N–H and O–H groups in total. The minimum absolute atomic E-state index is 0.00781. The standard InChI is InChI=1S/C15H17N3O5S/c1-7(2)18-24(22,23)12-6-10-8(5-11(12)19)3-4-9-13(10)16-17-14(9)15(20)21/h5-7,18-19H,3-4H2,1-2H3,(H,16,17)(H,20,21). The largest absolute Gasteiger partial charge is 0.507 e. The number of aromatic nitrogens is 2. The number of aromatic hydroxyl groups is 1. The van der Waals surface area contributed by atoms with Crippen molar-refractivity contribution in [1.29, 1.82) is 0 Å². The Morgan fingerprint density at radius 1 is 1.33 bits per heavy atom. The number of nitrogens with zero attached hydrogens (tertiary/aromatic N) is 1. The van der Waals surface area contributed by atoms with E-state index in [9.17, 15) is 23.4 Å². The van der Waals surface area contributed by atoms with Gasteiger partial charge in [-0.05, 0) is 44.4 Å². The summed E-state index contributed by atoms with van der Waals surface area (Å²) in [5.41, 5.74) is 2.21. The van der Waals surface area contributed by atoms with Gasteiger partial charge in [-0.25, -0.2) is 17.9 Å². The molecule has 8 nitrogen and oxygen atoms in total. The first-order chi connectivity index (χ1) is 11.2. The molecule has 0 spiro atoms. The molecule has 0 unspecified atom stereocenters. The summed E-state index contributed by atoms with van der Waals surface area (Å²) in [7, 11) is -3.89. The summed E-state index contributed by atoms with van der Waals surface area (Å²) in [5.74, 6) is -1.44. The lowest BCUT2D eigenvalue weighted by atomic mass is 9.89. The van der Waals surface area contributed by atoms with Crippen molar-refractivity contribution in [3.8, 4) is 17.0 Å². The number of aryl methyl sites for hydroxylation is 1. The number of nitrogens with one attached hydrogen (secondary N) is 2. The predicted molar refractivity (Wildman–Crippen MR) is 85.5 cm³/mol. The van der Waals surface area contributed by atoms with E-state index in [1.54, 1.807) is 13.8 Å². The lowest BCUT2D eigenvalue weighted by Gasteiger charge is -2.18. The molecule has 1 aliphatic rings. The van der Waals surface area contributed by atoms with E-state index in [1.807, 2.05) is 0 Å². The monoisotopic (exact) mass is 351 g/mol. The number of phenols is 1. The highest BCUT2D eigenvalue weighted by Gasteiger charge is 2.29. The average molecular weight is 351 g/mol. The fourth-order valence-electron chi connectivity index (χ4n) is 2.90. The quantitative estimate of drug-likeness (QED) is 0.656. The van der Waals surface area contributed by atoms with Crippen LogP contribution in [0.5, 0.6) is 5.75 Å². The smallest absolute Gasteiger partial charge is 0.354 e. The number of aromatic amines is 1. The summed E-state index contributed by atoms with van der Waals surface area (Å²) >= 11 is 0. The fraction of sp³-hybridized carbons (Fsp3) is 0.333. The Bertz CT molecular complexity index is 931. The van der Waals surface area contributed by atoms with Crippen molar-refractivity contribution < 1.29 is 23.4 Å². The lowest BCUT2D eigenvalue weighted by molar-refractivity contribution is 0.0689. The predicted octanol–water partition coefficient (Wildman–Crippen LogP) is 1.27. The summed E-state index contributed by atoms with van der Waals surface area (Å²) < 4.78 is 27.2. The van der Waals surface area contributed by atoms with E-state index in [0.717, 1.165) is 5.56 Å². The van der Waals surface area contributed by atoms with Crippen molar-refractivity contribution in [1.82, 2.24) is 14.9 Å². The molecule has 0 saturated carbocycles. The van der Waals surface area contributed by atoms with E-state index < -0.39 is 16.0 Å². The van der Waals surface area contributed by atoms with Crippen LogP contribution in [0.4, 0.5) is 0 Å². The maximum absolute atomic E-state index is 12.4. The van der Waals surface area contributed by atoms with Gasteiger partial charge in [0.25, 0.3) is 0 Å². The Balaban J connectivity index is 2.17. The Labute approximate surface area is 138 Å². The maximum atomic E-state index is 12.4. The molecule has 0 bridgehead atoms. The summed E-state index contributed by atoms with van der Waals surface area (Å²) in [5, 5.41) is 25.8. The van der Waals surface area contributed by atoms with E-state index in [-0.39, 0.29) is 22.4 Å². The minimum atomic E-state index is -3.89. The van der Waals surface area contributed by atoms with Gasteiger partial charge in [-0.2, -0.15) is 5.10 Å². The third kappa shape index (κ3) is 2.65. The number of sulfonamides is 1. The summed E-state index contributed by atoms with van der Waals surface area (Å²) in [6.07, 6.45) is 0.948. The van der Waals surface area contributed by atoms with Crippen LogP contribution < -0.4 is 4.72 Å². The van der Waals surface area contributed by atoms with Gasteiger partial charge >= 0.3 is 5.97 Å². The third-order valence-electron chi connectivity index (χ3n) is 3.85. The average Bonchev–Trinajstić information content (AvgIpc) is 2.89. The molecule has 24 heavy (non-hydrogen) atoms. The van der Waals surface area contributed by atoms with Gasteiger partial charge in [0, 0.05) is 17.2 Å². The van der Waals surface area contributed by atoms with Gasteiger partial charge in [0.15, 0.2) is 0 Å². The number of hydrogen-bond acceptors (Lipinski definition) is 5. The van der Waals surface area contributed by atoms with E-state index in [4.69, 9.17) is 0 Å². The van der Waals surface area contributed by atoms with Crippen LogP contribution in [-0.2, 0) is 22.9 Å². The van der Waals surface area contributed by atoms with Gasteiger partial charge in [0.1, 0.15) is 16.3 Å². The van der Waals surface area contributed by atoms with Crippen molar-refractivity contribution >= 4 is 16.0 Å². The normalized spacial score (nSPS) is 13.6. The van der Waals surface area contributed by atoms with Crippen LogP contribution in [0.1, 0.15) is 35.5 Å². The van der Waals surface area contributed by atoms with Gasteiger partial charge < -0.3 is 10.2 Å². The van der Waals surface area contributed by atoms with E-state index in [0.29, 0.717) is 29.7 Å². The molecule has 2 aromatic rings. The van der Waals surface area contributed by atoms with E-state index in [1.165, 1.54) is 12.1 Å². The number of carboxylic acids is 1. The number of aromatic carboxylic acids is 1. The van der Waals surface area contributed by atoms with Crippen molar-refractivity contribution in [2.75, 3.05) is 0 Å². The number of H-pyrrole nitrogens is 1. The van der Waals surface area contributed by atoms with Crippen LogP contribution >= 0.6 is 0 Å². The number of carbonyl (C=O) groups is 1. The molecule has 3 rings (SSSR count). The first-order valence-electron chi connectivity index (χ1n) is 7.40. The van der Waals surface area contributed by atoms with Gasteiger partial charge in [0.05, 0.1) is 5.69 Å². The molecule has 1 heterocycles. The number of benzene rings is 1. The number of phenolic OH excluding ortho intramolecular Hbond substituents is 1. The fourth-order valence-corrected chi connectivity index (χ4v) is 4.25. The number of carboxylic acid groups (broad SMARTS) is 1. The summed E-state index contributed by atoms with van der Waals surface area (Å²) in [4.78, 5) is 11.0. The van der Waals surface area contributed by atoms with Crippen LogP contribution in [0, 0.1) is 0 Å². The van der Waals surface area contributed by atoms with Crippen LogP contribution in [0.3, 0.4) is 0 Å². The molecule has 128 valence electrons. The van der Waals surface area contributed by atoms with Crippen molar-refractivity contribution in [3.05, 3.63) is 29.0 Å². The second kappa shape index (κ2) is 5.60. The molecular formula is C15H17N3O5S. The Hall–Kier alpha value is -2.39. The van der Waals surface area contributed by atoms with E-state index >= 15 is 0 Å². The zero-order valence-corrected chi connectivity index (χ0v) is 13.9. The van der Waals surface area contributed by atoms with Crippen LogP contribution in [0.25, 0.3) is 11.3 Å². The molecule has 0 radical (unpaired) electrons. The second-order valence-corrected chi connectivity index (χ2v) is 7.67. The zero-order chi connectivity index (χ0) is 17.6. The topological polar surface area (TPSA) is 132 Å². The molecule has 0 atom stereocenters. The number of fused-ring (bicyclic) bond motifs is 3. The van der Waals surface area contributed by atoms with Crippen LogP contribution in [0.2, 0.25) is 0 Å². The number of rotatable bonds is 4. The third-order valence-corrected chi connectivity index (χ3v) is 5.53. The van der Waals surface area contributed by atoms with Gasteiger partial charge in [-0.15, -0.1) is 0 Å². The zero-order valence-electron chi connectivity index (χ0n) is 13.1. The second-order valence-electron chi connectivity index (χ2n) is 5.98. The Kier molecular flexibility index (Phi) is 3.84. The molecule has 1 aliphatic carbocycles. The minimum Gasteiger partial charge on any atom is -0.507 e. The summed E-state index contributed by atoms with van der Waals surface area (Å²) in [6, 6.07) is 2.42. The summed E-state index contributed by atoms with van der Waals surface area (Å²) in [6.45, 7) is 3.36. The van der Waals surface area contributed by atoms with Crippen molar-refractivity contribution in [2.24, 2.45) is 0 Å². The Morgan fingerprint density at radius 3 is 2.67 bits per heavy atom. The van der Waals surface area contributed by atoms with Gasteiger partial charge in [0.2, 0.25) is 10.0 Å². The first-order valence-corrected chi connectivity index (χ1v) is 8.88. The van der Waals surface area contributed by atoms with Crippen molar-refractivity contribution in [2.45, 2.75) is 37.6 Å². The highest BCUT2D eigenvalue weighted by Crippen LogP contribution is 2.38. The highest BCUT2D eigenvalue weighted by atomic mass is 32.2. The maximum Gasteiger partial charge on any atom is 0.354 e. The molecule has 1 aromatic heterocycles. The van der Waals surface area contributed by atoms with Crippen molar-refractivity contribution in [3.63, 3.8) is 0 Å².